The molecule has 0 aliphatic carbocycles. The standard InChI is InChI=1S/C19H17F3N6O3S/c20-19(21,22)31-14-4-2-1-3-12(14)17(30)28-7-5-11(6-8-28)16-26-13(9-32-16)15(29)27-18(24)25-10-23/h1-4,9,11H,5-8H2,(H3,24,25,27,29). The molecule has 0 radical (unpaired) electrons. The summed E-state index contributed by atoms with van der Waals surface area (Å²) in [4.78, 5) is 33.8. The molecular weight excluding hydrogens is 449 g/mol. The van der Waals surface area contributed by atoms with Gasteiger partial charge in [0.25, 0.3) is 11.8 Å². The van der Waals surface area contributed by atoms with Crippen LogP contribution in [0.25, 0.3) is 0 Å². The summed E-state index contributed by atoms with van der Waals surface area (Å²) in [6, 6.07) is 5.23. The van der Waals surface area contributed by atoms with E-state index >= 15 is 0 Å². The fraction of sp³-hybridized carbons (Fsp3) is 0.316. The molecule has 13 heteroatoms. The number of nitrogens with zero attached hydrogens (tertiary/aromatic N) is 4. The number of hydrogen-bond acceptors (Lipinski definition) is 7. The van der Waals surface area contributed by atoms with Crippen LogP contribution in [-0.4, -0.2) is 47.1 Å². The van der Waals surface area contributed by atoms with E-state index in [1.165, 1.54) is 40.6 Å². The zero-order chi connectivity index (χ0) is 23.3. The number of piperidine rings is 1. The lowest BCUT2D eigenvalue weighted by Gasteiger charge is -2.31. The first-order chi connectivity index (χ1) is 15.2. The number of guanidine groups is 1. The van der Waals surface area contributed by atoms with Crippen LogP contribution in [0.3, 0.4) is 0 Å². The predicted octanol–water partition coefficient (Wildman–Crippen LogP) is 2.59. The van der Waals surface area contributed by atoms with E-state index in [0.717, 1.165) is 6.07 Å². The zero-order valence-electron chi connectivity index (χ0n) is 16.4. The van der Waals surface area contributed by atoms with Crippen molar-refractivity contribution >= 4 is 29.1 Å². The predicted molar refractivity (Wildman–Crippen MR) is 108 cm³/mol. The molecule has 2 heterocycles. The van der Waals surface area contributed by atoms with Gasteiger partial charge in [0.05, 0.1) is 10.6 Å². The van der Waals surface area contributed by atoms with Gasteiger partial charge in [0, 0.05) is 24.4 Å². The fourth-order valence-electron chi connectivity index (χ4n) is 3.20. The number of hydrogen-bond donors (Lipinski definition) is 2. The van der Waals surface area contributed by atoms with Gasteiger partial charge >= 0.3 is 6.36 Å². The molecule has 32 heavy (non-hydrogen) atoms. The molecule has 1 fully saturated rings. The first-order valence-electron chi connectivity index (χ1n) is 9.31. The number of carbonyl (C=O) groups is 2. The Morgan fingerprint density at radius 2 is 2.00 bits per heavy atom. The molecule has 1 aliphatic heterocycles. The number of nitriles is 1. The van der Waals surface area contributed by atoms with Gasteiger partial charge in [-0.3, -0.25) is 14.9 Å². The van der Waals surface area contributed by atoms with E-state index in [1.807, 2.05) is 0 Å². The topological polar surface area (TPSA) is 134 Å². The largest absolute Gasteiger partial charge is 0.573 e. The molecule has 2 amide bonds. The van der Waals surface area contributed by atoms with E-state index in [0.29, 0.717) is 30.9 Å². The number of para-hydroxylation sites is 1. The van der Waals surface area contributed by atoms with Crippen molar-refractivity contribution in [2.45, 2.75) is 25.1 Å². The Balaban J connectivity index is 1.62. The number of alkyl halides is 3. The van der Waals surface area contributed by atoms with Gasteiger partial charge in [-0.15, -0.1) is 29.5 Å². The summed E-state index contributed by atoms with van der Waals surface area (Å²) < 4.78 is 41.8. The summed E-state index contributed by atoms with van der Waals surface area (Å²) >= 11 is 1.27. The van der Waals surface area contributed by atoms with Crippen LogP contribution < -0.4 is 15.8 Å². The van der Waals surface area contributed by atoms with E-state index in [1.54, 1.807) is 5.38 Å². The minimum atomic E-state index is -4.90. The lowest BCUT2D eigenvalue weighted by molar-refractivity contribution is -0.274. The molecule has 3 N–H and O–H groups in total. The summed E-state index contributed by atoms with van der Waals surface area (Å²) in [5.74, 6) is -2.04. The molecule has 1 aromatic heterocycles. The monoisotopic (exact) mass is 466 g/mol. The third-order valence-corrected chi connectivity index (χ3v) is 5.65. The summed E-state index contributed by atoms with van der Waals surface area (Å²) in [5.41, 5.74) is 5.33. The third-order valence-electron chi connectivity index (χ3n) is 4.64. The summed E-state index contributed by atoms with van der Waals surface area (Å²) in [6.07, 6.45) is -2.39. The first kappa shape index (κ1) is 23.0. The molecule has 3 rings (SSSR count). The number of carbonyl (C=O) groups excluding carboxylic acids is 2. The number of thiazole rings is 1. The summed E-state index contributed by atoms with van der Waals surface area (Å²) in [5, 5.41) is 12.9. The molecule has 0 bridgehead atoms. The molecule has 1 aliphatic rings. The Hall–Kier alpha value is -3.66. The Morgan fingerprint density at radius 3 is 2.66 bits per heavy atom. The lowest BCUT2D eigenvalue weighted by Crippen LogP contribution is -2.38. The van der Waals surface area contributed by atoms with E-state index in [-0.39, 0.29) is 23.1 Å². The minimum absolute atomic E-state index is 0.0163. The molecule has 0 saturated carbocycles. The molecule has 9 nitrogen and oxygen atoms in total. The SMILES string of the molecule is N#CN=C(N)NC(=O)c1csc(C2CCN(C(=O)c3ccccc3OC(F)(F)F)CC2)n1. The normalized spacial score (nSPS) is 15.2. The Bertz CT molecular complexity index is 1070. The van der Waals surface area contributed by atoms with Gasteiger partial charge in [-0.25, -0.2) is 4.98 Å². The van der Waals surface area contributed by atoms with Crippen LogP contribution in [0.4, 0.5) is 13.2 Å². The van der Waals surface area contributed by atoms with Crippen molar-refractivity contribution in [2.24, 2.45) is 10.7 Å². The van der Waals surface area contributed by atoms with Gasteiger partial charge in [0.1, 0.15) is 11.4 Å². The number of amides is 2. The Kier molecular flexibility index (Phi) is 6.94. The quantitative estimate of drug-likeness (QED) is 0.404. The molecule has 2 aromatic rings. The highest BCUT2D eigenvalue weighted by molar-refractivity contribution is 7.09. The second-order valence-electron chi connectivity index (χ2n) is 6.73. The Morgan fingerprint density at radius 1 is 1.31 bits per heavy atom. The number of benzene rings is 1. The van der Waals surface area contributed by atoms with Gasteiger partial charge in [-0.1, -0.05) is 12.1 Å². The summed E-state index contributed by atoms with van der Waals surface area (Å²) in [6.45, 7) is 0.624. The summed E-state index contributed by atoms with van der Waals surface area (Å²) in [7, 11) is 0. The number of likely N-dealkylation sites (tertiary alicyclic amines) is 1. The number of ether oxygens (including phenoxy) is 1. The van der Waals surface area contributed by atoms with Crippen LogP contribution in [0.1, 0.15) is 44.6 Å². The van der Waals surface area contributed by atoms with Crippen molar-refractivity contribution in [2.75, 3.05) is 13.1 Å². The van der Waals surface area contributed by atoms with Gasteiger partial charge in [-0.05, 0) is 25.0 Å². The van der Waals surface area contributed by atoms with Crippen molar-refractivity contribution in [3.8, 4) is 11.9 Å². The molecular formula is C19H17F3N6O3S. The van der Waals surface area contributed by atoms with E-state index in [4.69, 9.17) is 11.0 Å². The number of rotatable bonds is 4. The molecule has 168 valence electrons. The molecule has 0 unspecified atom stereocenters. The van der Waals surface area contributed by atoms with Crippen molar-refractivity contribution in [3.05, 3.63) is 45.9 Å². The smallest absolute Gasteiger partial charge is 0.405 e. The number of halogens is 3. The number of aliphatic imine (C=N–C) groups is 1. The van der Waals surface area contributed by atoms with Crippen molar-refractivity contribution in [3.63, 3.8) is 0 Å². The maximum atomic E-state index is 12.8. The van der Waals surface area contributed by atoms with Gasteiger partial charge in [0.2, 0.25) is 12.2 Å². The molecule has 1 saturated heterocycles. The highest BCUT2D eigenvalue weighted by Gasteiger charge is 2.34. The maximum Gasteiger partial charge on any atom is 0.573 e. The van der Waals surface area contributed by atoms with Gasteiger partial charge < -0.3 is 15.4 Å². The van der Waals surface area contributed by atoms with Gasteiger partial charge in [-0.2, -0.15) is 5.26 Å². The van der Waals surface area contributed by atoms with E-state index < -0.39 is 23.9 Å². The molecule has 1 aromatic carbocycles. The van der Waals surface area contributed by atoms with Crippen molar-refractivity contribution in [1.29, 1.82) is 5.26 Å². The fourth-order valence-corrected chi connectivity index (χ4v) is 4.17. The average molecular weight is 466 g/mol. The van der Waals surface area contributed by atoms with Gasteiger partial charge in [0.15, 0.2) is 0 Å². The third kappa shape index (κ3) is 5.73. The van der Waals surface area contributed by atoms with Crippen LogP contribution >= 0.6 is 11.3 Å². The maximum absolute atomic E-state index is 12.8. The Labute approximate surface area is 184 Å². The van der Waals surface area contributed by atoms with Crippen molar-refractivity contribution in [1.82, 2.24) is 15.2 Å². The highest BCUT2D eigenvalue weighted by atomic mass is 32.1. The molecule has 0 spiro atoms. The minimum Gasteiger partial charge on any atom is -0.405 e. The van der Waals surface area contributed by atoms with E-state index in [9.17, 15) is 22.8 Å². The van der Waals surface area contributed by atoms with Crippen molar-refractivity contribution < 1.29 is 27.5 Å². The second-order valence-corrected chi connectivity index (χ2v) is 7.62. The first-order valence-corrected chi connectivity index (χ1v) is 10.2. The lowest BCUT2D eigenvalue weighted by atomic mass is 9.97. The van der Waals surface area contributed by atoms with Crippen LogP contribution in [0.2, 0.25) is 0 Å². The highest BCUT2D eigenvalue weighted by Crippen LogP contribution is 2.32. The second kappa shape index (κ2) is 9.65. The van der Waals surface area contributed by atoms with Crippen LogP contribution in [0.15, 0.2) is 34.6 Å². The van der Waals surface area contributed by atoms with Crippen LogP contribution in [-0.2, 0) is 0 Å². The number of nitrogens with one attached hydrogen (secondary N) is 1. The molecule has 0 atom stereocenters. The van der Waals surface area contributed by atoms with E-state index in [2.05, 4.69) is 20.0 Å². The number of nitrogens with two attached hydrogens (primary N) is 1. The average Bonchev–Trinajstić information content (AvgIpc) is 3.23. The zero-order valence-corrected chi connectivity index (χ0v) is 17.2. The van der Waals surface area contributed by atoms with Crippen LogP contribution in [0.5, 0.6) is 5.75 Å². The number of aromatic nitrogens is 1. The van der Waals surface area contributed by atoms with Crippen LogP contribution in [0, 0.1) is 11.5 Å².